The average molecular weight is 179 g/mol. The second-order valence-electron chi connectivity index (χ2n) is 3.12. The molecule has 0 spiro atoms. The Morgan fingerprint density at radius 3 is 2.93 bits per heavy atom. The van der Waals surface area contributed by atoms with Gasteiger partial charge in [0, 0.05) is 17.8 Å². The van der Waals surface area contributed by atoms with E-state index < -0.39 is 0 Å². The summed E-state index contributed by atoms with van der Waals surface area (Å²) in [6.07, 6.45) is 3.43. The number of hydrogen-bond acceptors (Lipinski definition) is 2. The van der Waals surface area contributed by atoms with E-state index in [1.165, 1.54) is 0 Å². The molecule has 1 radical (unpaired) electrons. The van der Waals surface area contributed by atoms with Crippen molar-refractivity contribution in [2.24, 2.45) is 0 Å². The molecule has 0 unspecified atom stereocenters. The van der Waals surface area contributed by atoms with Crippen LogP contribution in [0, 0.1) is 6.07 Å². The van der Waals surface area contributed by atoms with Gasteiger partial charge >= 0.3 is 0 Å². The van der Waals surface area contributed by atoms with Gasteiger partial charge in [-0.05, 0) is 17.5 Å². The van der Waals surface area contributed by atoms with Crippen molar-refractivity contribution in [1.82, 2.24) is 9.97 Å². The van der Waals surface area contributed by atoms with Crippen LogP contribution in [0.4, 0.5) is 0 Å². The molecule has 0 amide bonds. The molecule has 1 heterocycles. The fourth-order valence-electron chi connectivity index (χ4n) is 1.63. The normalized spacial score (nSPS) is 10.9. The molecule has 0 bridgehead atoms. The Balaban J connectivity index is 2.61. The Morgan fingerprint density at radius 1 is 1.00 bits per heavy atom. The van der Waals surface area contributed by atoms with Crippen LogP contribution in [0.2, 0.25) is 0 Å². The molecule has 14 heavy (non-hydrogen) atoms. The third-order valence-corrected chi connectivity index (χ3v) is 2.28. The molecule has 0 fully saturated rings. The quantitative estimate of drug-likeness (QED) is 0.496. The van der Waals surface area contributed by atoms with E-state index in [1.807, 2.05) is 30.3 Å². The largest absolute Gasteiger partial charge is 0.253 e. The predicted octanol–water partition coefficient (Wildman–Crippen LogP) is 2.58. The Kier molecular flexibility index (Phi) is 1.47. The maximum absolute atomic E-state index is 4.33. The minimum absolute atomic E-state index is 0.930. The van der Waals surface area contributed by atoms with Crippen molar-refractivity contribution < 1.29 is 0 Å². The van der Waals surface area contributed by atoms with Crippen molar-refractivity contribution in [2.45, 2.75) is 0 Å². The van der Waals surface area contributed by atoms with E-state index in [2.05, 4.69) is 16.0 Å². The number of aromatic nitrogens is 2. The number of benzene rings is 2. The van der Waals surface area contributed by atoms with E-state index in [9.17, 15) is 0 Å². The van der Waals surface area contributed by atoms with Gasteiger partial charge in [0.15, 0.2) is 0 Å². The second kappa shape index (κ2) is 2.77. The first-order valence-corrected chi connectivity index (χ1v) is 4.45. The van der Waals surface area contributed by atoms with E-state index in [4.69, 9.17) is 0 Å². The maximum Gasteiger partial charge on any atom is 0.0965 e. The van der Waals surface area contributed by atoms with Crippen LogP contribution in [-0.2, 0) is 0 Å². The van der Waals surface area contributed by atoms with Gasteiger partial charge in [-0.15, -0.1) is 0 Å². The summed E-state index contributed by atoms with van der Waals surface area (Å²) in [5.74, 6) is 0. The maximum atomic E-state index is 4.33. The highest BCUT2D eigenvalue weighted by molar-refractivity contribution is 6.03. The molecular formula is C12H7N2. The van der Waals surface area contributed by atoms with Crippen molar-refractivity contribution in [3.8, 4) is 0 Å². The van der Waals surface area contributed by atoms with E-state index in [0.29, 0.717) is 0 Å². The zero-order valence-electron chi connectivity index (χ0n) is 7.44. The first-order chi connectivity index (χ1) is 6.95. The van der Waals surface area contributed by atoms with Crippen LogP contribution in [0.3, 0.4) is 0 Å². The lowest BCUT2D eigenvalue weighted by molar-refractivity contribution is 1.30. The summed E-state index contributed by atoms with van der Waals surface area (Å²) in [6, 6.07) is 13.1. The Morgan fingerprint density at radius 2 is 1.93 bits per heavy atom. The molecule has 2 heteroatoms. The minimum atomic E-state index is 0.930. The summed E-state index contributed by atoms with van der Waals surface area (Å²) in [5, 5.41) is 2.19. The topological polar surface area (TPSA) is 25.8 Å². The summed E-state index contributed by atoms with van der Waals surface area (Å²) >= 11 is 0. The highest BCUT2D eigenvalue weighted by atomic mass is 14.8. The Bertz CT molecular complexity index is 547. The predicted molar refractivity (Wildman–Crippen MR) is 55.9 cm³/mol. The number of nitrogens with zero attached hydrogens (tertiary/aromatic N) is 2. The van der Waals surface area contributed by atoms with Gasteiger partial charge in [-0.1, -0.05) is 24.3 Å². The Hall–Kier alpha value is -1.96. The van der Waals surface area contributed by atoms with E-state index in [1.54, 1.807) is 12.4 Å². The van der Waals surface area contributed by atoms with Gasteiger partial charge in [0.25, 0.3) is 0 Å². The highest BCUT2D eigenvalue weighted by Crippen LogP contribution is 2.20. The third-order valence-electron chi connectivity index (χ3n) is 2.28. The van der Waals surface area contributed by atoms with Crippen LogP contribution in [0.1, 0.15) is 0 Å². The smallest absolute Gasteiger partial charge is 0.0965 e. The number of fused-ring (bicyclic) bond motifs is 3. The number of rotatable bonds is 0. The van der Waals surface area contributed by atoms with Crippen molar-refractivity contribution in [3.05, 3.63) is 48.8 Å². The lowest BCUT2D eigenvalue weighted by Gasteiger charge is -2.00. The average Bonchev–Trinajstić information content (AvgIpc) is 2.29. The second-order valence-corrected chi connectivity index (χ2v) is 3.12. The van der Waals surface area contributed by atoms with Crippen LogP contribution in [0.25, 0.3) is 21.8 Å². The molecule has 65 valence electrons. The van der Waals surface area contributed by atoms with Crippen LogP contribution >= 0.6 is 0 Å². The van der Waals surface area contributed by atoms with E-state index in [0.717, 1.165) is 21.8 Å². The molecule has 0 aliphatic heterocycles. The molecular weight excluding hydrogens is 172 g/mol. The van der Waals surface area contributed by atoms with Gasteiger partial charge in [0.05, 0.1) is 11.0 Å². The van der Waals surface area contributed by atoms with Gasteiger partial charge in [0.2, 0.25) is 0 Å². The fourth-order valence-corrected chi connectivity index (χ4v) is 1.63. The molecule has 0 atom stereocenters. The molecule has 3 aromatic rings. The van der Waals surface area contributed by atoms with Crippen molar-refractivity contribution >= 4 is 21.8 Å². The van der Waals surface area contributed by atoms with Crippen LogP contribution in [0.5, 0.6) is 0 Å². The van der Waals surface area contributed by atoms with Crippen molar-refractivity contribution in [3.63, 3.8) is 0 Å². The SMILES string of the molecule is [c]1cccc2c1ccc1nccnc12. The van der Waals surface area contributed by atoms with Crippen molar-refractivity contribution in [2.75, 3.05) is 0 Å². The van der Waals surface area contributed by atoms with Gasteiger partial charge in [0.1, 0.15) is 0 Å². The van der Waals surface area contributed by atoms with Crippen LogP contribution < -0.4 is 0 Å². The van der Waals surface area contributed by atoms with E-state index in [-0.39, 0.29) is 0 Å². The molecule has 0 saturated heterocycles. The molecule has 1 aromatic heterocycles. The Labute approximate surface area is 81.2 Å². The summed E-state index contributed by atoms with van der Waals surface area (Å²) in [6.45, 7) is 0. The molecule has 2 nitrogen and oxygen atoms in total. The fraction of sp³-hybridized carbons (Fsp3) is 0. The zero-order chi connectivity index (χ0) is 9.38. The minimum Gasteiger partial charge on any atom is -0.253 e. The molecule has 0 aliphatic carbocycles. The molecule has 0 saturated carbocycles. The van der Waals surface area contributed by atoms with Crippen molar-refractivity contribution in [1.29, 1.82) is 0 Å². The zero-order valence-corrected chi connectivity index (χ0v) is 7.44. The monoisotopic (exact) mass is 179 g/mol. The van der Waals surface area contributed by atoms with Gasteiger partial charge in [-0.2, -0.15) is 0 Å². The van der Waals surface area contributed by atoms with Gasteiger partial charge < -0.3 is 0 Å². The summed E-state index contributed by atoms with van der Waals surface area (Å²) in [5.41, 5.74) is 1.88. The lowest BCUT2D eigenvalue weighted by Crippen LogP contribution is -1.83. The third kappa shape index (κ3) is 0.973. The molecule has 0 N–H and O–H groups in total. The molecule has 3 rings (SSSR count). The van der Waals surface area contributed by atoms with Gasteiger partial charge in [-0.3, -0.25) is 9.97 Å². The summed E-state index contributed by atoms with van der Waals surface area (Å²) in [7, 11) is 0. The summed E-state index contributed by atoms with van der Waals surface area (Å²) < 4.78 is 0. The molecule has 0 aliphatic rings. The number of hydrogen-bond donors (Lipinski definition) is 0. The van der Waals surface area contributed by atoms with Crippen LogP contribution in [-0.4, -0.2) is 9.97 Å². The lowest BCUT2D eigenvalue weighted by atomic mass is 10.1. The summed E-state index contributed by atoms with van der Waals surface area (Å²) in [4.78, 5) is 8.58. The standard InChI is InChI=1S/C12H7N2/c1-2-4-10-9(3-1)5-6-11-12(10)14-8-7-13-11/h1-2,4-8H. The first-order valence-electron chi connectivity index (χ1n) is 4.45. The van der Waals surface area contributed by atoms with Crippen LogP contribution in [0.15, 0.2) is 42.7 Å². The first kappa shape index (κ1) is 7.44. The van der Waals surface area contributed by atoms with Gasteiger partial charge in [-0.25, -0.2) is 0 Å². The molecule has 2 aromatic carbocycles. The highest BCUT2D eigenvalue weighted by Gasteiger charge is 2.00. The van der Waals surface area contributed by atoms with E-state index >= 15 is 0 Å².